The van der Waals surface area contributed by atoms with Gasteiger partial charge in [-0.1, -0.05) is 0 Å². The van der Waals surface area contributed by atoms with Crippen molar-refractivity contribution in [2.75, 3.05) is 60.0 Å². The average Bonchev–Trinajstić information content (AvgIpc) is 3.65. The number of likely N-dealkylation sites (tertiary alicyclic amines) is 1. The number of benzene rings is 1. The van der Waals surface area contributed by atoms with Gasteiger partial charge in [-0.3, -0.25) is 9.69 Å². The molecular formula is C23H34N4O4. The number of hydrogen-bond acceptors (Lipinski definition) is 7. The topological polar surface area (TPSA) is 65.6 Å². The first-order valence-electron chi connectivity index (χ1n) is 11.4. The second-order valence-corrected chi connectivity index (χ2v) is 8.86. The summed E-state index contributed by atoms with van der Waals surface area (Å²) >= 11 is 0. The number of amides is 1. The minimum atomic E-state index is -0.436. The molecule has 31 heavy (non-hydrogen) atoms. The van der Waals surface area contributed by atoms with E-state index >= 15 is 0 Å². The Kier molecular flexibility index (Phi) is 7.09. The molecule has 1 aromatic carbocycles. The number of hydroxylamine groups is 2. The molecule has 170 valence electrons. The second-order valence-electron chi connectivity index (χ2n) is 8.86. The number of rotatable bonds is 7. The smallest absolute Gasteiger partial charge is 0.357 e. The molecule has 8 heteroatoms. The molecule has 2 heterocycles. The molecule has 3 fully saturated rings. The third-order valence-corrected chi connectivity index (χ3v) is 6.64. The van der Waals surface area contributed by atoms with Crippen molar-refractivity contribution in [2.45, 2.75) is 37.8 Å². The van der Waals surface area contributed by atoms with E-state index in [1.54, 1.807) is 36.4 Å². The van der Waals surface area contributed by atoms with E-state index in [1.165, 1.54) is 12.8 Å². The molecule has 1 aromatic rings. The third kappa shape index (κ3) is 5.75. The molecule has 0 bridgehead atoms. The van der Waals surface area contributed by atoms with Crippen LogP contribution in [0.2, 0.25) is 0 Å². The first kappa shape index (κ1) is 22.0. The third-order valence-electron chi connectivity index (χ3n) is 6.64. The summed E-state index contributed by atoms with van der Waals surface area (Å²) < 4.78 is 5.13. The fourth-order valence-corrected chi connectivity index (χ4v) is 4.41. The highest BCUT2D eigenvalue weighted by Crippen LogP contribution is 2.28. The number of piperidine rings is 1. The lowest BCUT2D eigenvalue weighted by Crippen LogP contribution is -2.55. The molecule has 0 radical (unpaired) electrons. The summed E-state index contributed by atoms with van der Waals surface area (Å²) in [5, 5.41) is 1.58. The number of nitrogens with zero attached hydrogens (tertiary/aromatic N) is 4. The largest absolute Gasteiger partial charge is 0.497 e. The van der Waals surface area contributed by atoms with Crippen molar-refractivity contribution in [2.24, 2.45) is 0 Å². The number of piperazine rings is 1. The molecule has 0 unspecified atom stereocenters. The Morgan fingerprint density at radius 1 is 0.968 bits per heavy atom. The Bertz CT molecular complexity index is 751. The molecule has 0 spiro atoms. The summed E-state index contributed by atoms with van der Waals surface area (Å²) in [6.07, 6.45) is 4.32. The standard InChI is InChI=1S/C23H34N4O4/c1-24-11-9-19(10-12-24)25-13-15-26(16-14-25)22(28)17-27(20-5-6-20)31-23(29)18-3-7-21(30-2)8-4-18/h3-4,7-8,19-20H,5-6,9-17H2,1-2H3. The highest BCUT2D eigenvalue weighted by atomic mass is 16.7. The Balaban J connectivity index is 1.26. The van der Waals surface area contributed by atoms with Crippen LogP contribution in [0.4, 0.5) is 0 Å². The monoisotopic (exact) mass is 430 g/mol. The van der Waals surface area contributed by atoms with Crippen LogP contribution in [0.1, 0.15) is 36.0 Å². The van der Waals surface area contributed by atoms with Crippen LogP contribution in [0.5, 0.6) is 5.75 Å². The number of methoxy groups -OCH3 is 1. The quantitative estimate of drug-likeness (QED) is 0.607. The Morgan fingerprint density at radius 2 is 1.61 bits per heavy atom. The Morgan fingerprint density at radius 3 is 2.19 bits per heavy atom. The van der Waals surface area contributed by atoms with Crippen LogP contribution in [0.3, 0.4) is 0 Å². The van der Waals surface area contributed by atoms with Gasteiger partial charge in [0.1, 0.15) is 12.3 Å². The molecule has 0 aromatic heterocycles. The molecule has 0 atom stereocenters. The molecule has 0 N–H and O–H groups in total. The number of ether oxygens (including phenoxy) is 1. The first-order chi connectivity index (χ1) is 15.0. The lowest BCUT2D eigenvalue weighted by Gasteiger charge is -2.42. The number of hydrogen-bond donors (Lipinski definition) is 0. The summed E-state index contributed by atoms with van der Waals surface area (Å²) in [5.74, 6) is 0.289. The Hall–Kier alpha value is -2.16. The normalized spacial score (nSPS) is 21.3. The summed E-state index contributed by atoms with van der Waals surface area (Å²) in [7, 11) is 3.77. The fraction of sp³-hybridized carbons (Fsp3) is 0.652. The molecule has 8 nitrogen and oxygen atoms in total. The number of carbonyl (C=O) groups is 2. The average molecular weight is 431 g/mol. The van der Waals surface area contributed by atoms with Gasteiger partial charge in [0.25, 0.3) is 0 Å². The van der Waals surface area contributed by atoms with Crippen molar-refractivity contribution in [3.05, 3.63) is 29.8 Å². The zero-order valence-corrected chi connectivity index (χ0v) is 18.7. The molecule has 1 amide bonds. The lowest BCUT2D eigenvalue weighted by molar-refractivity contribution is -0.153. The maximum Gasteiger partial charge on any atom is 0.357 e. The van der Waals surface area contributed by atoms with Crippen LogP contribution in [-0.2, 0) is 9.63 Å². The molecule has 2 aliphatic heterocycles. The van der Waals surface area contributed by atoms with Crippen molar-refractivity contribution in [3.63, 3.8) is 0 Å². The van der Waals surface area contributed by atoms with E-state index in [9.17, 15) is 9.59 Å². The van der Waals surface area contributed by atoms with Gasteiger partial charge in [-0.05, 0) is 70.1 Å². The zero-order chi connectivity index (χ0) is 21.8. The molecule has 4 rings (SSSR count). The number of carbonyl (C=O) groups excluding carboxylic acids is 2. The zero-order valence-electron chi connectivity index (χ0n) is 18.7. The van der Waals surface area contributed by atoms with Gasteiger partial charge < -0.3 is 19.4 Å². The summed E-state index contributed by atoms with van der Waals surface area (Å²) in [5.41, 5.74) is 0.450. The van der Waals surface area contributed by atoms with Crippen LogP contribution in [0.15, 0.2) is 24.3 Å². The van der Waals surface area contributed by atoms with E-state index in [-0.39, 0.29) is 18.5 Å². The summed E-state index contributed by atoms with van der Waals surface area (Å²) in [6.45, 7) is 5.77. The molecule has 2 saturated heterocycles. The minimum Gasteiger partial charge on any atom is -0.497 e. The maximum atomic E-state index is 12.9. The summed E-state index contributed by atoms with van der Waals surface area (Å²) in [6, 6.07) is 7.60. The molecular weight excluding hydrogens is 396 g/mol. The Labute approximate surface area is 184 Å². The van der Waals surface area contributed by atoms with Gasteiger partial charge in [0, 0.05) is 38.3 Å². The van der Waals surface area contributed by atoms with Crippen LogP contribution in [0.25, 0.3) is 0 Å². The van der Waals surface area contributed by atoms with E-state index < -0.39 is 5.97 Å². The van der Waals surface area contributed by atoms with Gasteiger partial charge in [0.15, 0.2) is 0 Å². The molecule has 3 aliphatic rings. The van der Waals surface area contributed by atoms with Crippen LogP contribution < -0.4 is 4.74 Å². The first-order valence-corrected chi connectivity index (χ1v) is 11.4. The van der Waals surface area contributed by atoms with Crippen molar-refractivity contribution in [1.82, 2.24) is 19.8 Å². The van der Waals surface area contributed by atoms with E-state index in [1.807, 2.05) is 4.90 Å². The van der Waals surface area contributed by atoms with Crippen LogP contribution in [-0.4, -0.2) is 104 Å². The van der Waals surface area contributed by atoms with E-state index in [2.05, 4.69) is 16.8 Å². The van der Waals surface area contributed by atoms with Gasteiger partial charge >= 0.3 is 5.97 Å². The highest BCUT2D eigenvalue weighted by Gasteiger charge is 2.36. The molecule has 1 saturated carbocycles. The lowest BCUT2D eigenvalue weighted by atomic mass is 10.0. The maximum absolute atomic E-state index is 12.9. The molecule has 1 aliphatic carbocycles. The predicted molar refractivity (Wildman–Crippen MR) is 117 cm³/mol. The second kappa shape index (κ2) is 9.97. The van der Waals surface area contributed by atoms with E-state index in [4.69, 9.17) is 9.57 Å². The van der Waals surface area contributed by atoms with Crippen molar-refractivity contribution >= 4 is 11.9 Å². The van der Waals surface area contributed by atoms with Crippen molar-refractivity contribution in [3.8, 4) is 5.75 Å². The van der Waals surface area contributed by atoms with Gasteiger partial charge in [0.2, 0.25) is 5.91 Å². The van der Waals surface area contributed by atoms with Crippen molar-refractivity contribution in [1.29, 1.82) is 0 Å². The van der Waals surface area contributed by atoms with Crippen LogP contribution in [0, 0.1) is 0 Å². The fourth-order valence-electron chi connectivity index (χ4n) is 4.41. The predicted octanol–water partition coefficient (Wildman–Crippen LogP) is 1.47. The highest BCUT2D eigenvalue weighted by molar-refractivity contribution is 5.89. The van der Waals surface area contributed by atoms with Gasteiger partial charge in [0.05, 0.1) is 12.7 Å². The minimum absolute atomic E-state index is 0.0393. The van der Waals surface area contributed by atoms with E-state index in [0.717, 1.165) is 52.1 Å². The van der Waals surface area contributed by atoms with Crippen molar-refractivity contribution < 1.29 is 19.2 Å². The van der Waals surface area contributed by atoms with Gasteiger partial charge in [-0.25, -0.2) is 4.79 Å². The van der Waals surface area contributed by atoms with Gasteiger partial charge in [-0.15, -0.1) is 5.06 Å². The van der Waals surface area contributed by atoms with Crippen LogP contribution >= 0.6 is 0 Å². The SMILES string of the molecule is COc1ccc(C(=O)ON(CC(=O)N2CCN(C3CCN(C)CC3)CC2)C2CC2)cc1. The van der Waals surface area contributed by atoms with E-state index in [0.29, 0.717) is 17.4 Å². The summed E-state index contributed by atoms with van der Waals surface area (Å²) in [4.78, 5) is 37.9. The van der Waals surface area contributed by atoms with Gasteiger partial charge in [-0.2, -0.15) is 0 Å².